The van der Waals surface area contributed by atoms with Gasteiger partial charge in [-0.05, 0) is 41.4 Å². The largest absolute Gasteiger partial charge is 0.372 e. The van der Waals surface area contributed by atoms with Gasteiger partial charge in [0, 0.05) is 19.6 Å². The zero-order valence-electron chi connectivity index (χ0n) is 10.7. The van der Waals surface area contributed by atoms with Gasteiger partial charge in [0.25, 0.3) is 0 Å². The van der Waals surface area contributed by atoms with Gasteiger partial charge in [0.15, 0.2) is 5.82 Å². The monoisotopic (exact) mass is 316 g/mol. The molecule has 0 atom stereocenters. The van der Waals surface area contributed by atoms with Crippen LogP contribution in [-0.4, -0.2) is 25.3 Å². The van der Waals surface area contributed by atoms with Gasteiger partial charge in [-0.25, -0.2) is 4.39 Å². The summed E-state index contributed by atoms with van der Waals surface area (Å²) in [5.74, 6) is -0.240. The van der Waals surface area contributed by atoms with Gasteiger partial charge in [-0.1, -0.05) is 6.07 Å². The summed E-state index contributed by atoms with van der Waals surface area (Å²) in [6.45, 7) is 6.35. The van der Waals surface area contributed by atoms with E-state index < -0.39 is 0 Å². The maximum Gasteiger partial charge on any atom is 0.160 e. The lowest BCUT2D eigenvalue weighted by molar-refractivity contribution is -0.0278. The topological polar surface area (TPSA) is 38.5 Å². The Morgan fingerprint density at radius 3 is 2.83 bits per heavy atom. The van der Waals surface area contributed by atoms with E-state index in [2.05, 4.69) is 15.9 Å². The molecule has 1 aliphatic rings. The van der Waals surface area contributed by atoms with Crippen LogP contribution in [0, 0.1) is 5.82 Å². The molecule has 18 heavy (non-hydrogen) atoms. The highest BCUT2D eigenvalue weighted by atomic mass is 79.9. The van der Waals surface area contributed by atoms with Crippen molar-refractivity contribution in [2.75, 3.05) is 24.6 Å². The first-order valence-electron chi connectivity index (χ1n) is 6.00. The highest BCUT2D eigenvalue weighted by molar-refractivity contribution is 9.10. The number of nitrogens with zero attached hydrogens (tertiary/aromatic N) is 1. The Bertz CT molecular complexity index is 451. The van der Waals surface area contributed by atoms with Crippen molar-refractivity contribution in [3.63, 3.8) is 0 Å². The molecule has 0 spiro atoms. The first-order chi connectivity index (χ1) is 8.44. The minimum atomic E-state index is -0.246. The highest BCUT2D eigenvalue weighted by Gasteiger charge is 2.29. The fourth-order valence-corrected chi connectivity index (χ4v) is 2.70. The fraction of sp³-hybridized carbons (Fsp3) is 0.538. The number of benzene rings is 1. The molecular weight excluding hydrogens is 299 g/mol. The van der Waals surface area contributed by atoms with E-state index in [4.69, 9.17) is 10.5 Å². The Hall–Kier alpha value is -0.650. The quantitative estimate of drug-likeness (QED) is 0.911. The van der Waals surface area contributed by atoms with Crippen molar-refractivity contribution in [1.29, 1.82) is 0 Å². The second-order valence-corrected chi connectivity index (χ2v) is 5.90. The summed E-state index contributed by atoms with van der Waals surface area (Å²) in [4.78, 5) is 2.02. The average Bonchev–Trinajstić information content (AvgIpc) is 2.31. The van der Waals surface area contributed by atoms with Crippen molar-refractivity contribution >= 4 is 21.6 Å². The van der Waals surface area contributed by atoms with Gasteiger partial charge in [-0.2, -0.15) is 0 Å². The normalized spacial score (nSPS) is 19.1. The molecule has 0 aromatic heterocycles. The molecule has 1 fully saturated rings. The van der Waals surface area contributed by atoms with Crippen molar-refractivity contribution in [2.24, 2.45) is 5.73 Å². The van der Waals surface area contributed by atoms with Crippen LogP contribution in [0.3, 0.4) is 0 Å². The van der Waals surface area contributed by atoms with Gasteiger partial charge >= 0.3 is 0 Å². The van der Waals surface area contributed by atoms with Gasteiger partial charge in [-0.3, -0.25) is 0 Å². The second kappa shape index (κ2) is 5.15. The fourth-order valence-electron chi connectivity index (χ4n) is 2.20. The van der Waals surface area contributed by atoms with E-state index in [1.54, 1.807) is 6.07 Å². The van der Waals surface area contributed by atoms with Gasteiger partial charge in [0.2, 0.25) is 0 Å². The van der Waals surface area contributed by atoms with Crippen LogP contribution in [0.5, 0.6) is 0 Å². The Morgan fingerprint density at radius 2 is 2.22 bits per heavy atom. The van der Waals surface area contributed by atoms with Gasteiger partial charge in [-0.15, -0.1) is 0 Å². The Kier molecular flexibility index (Phi) is 3.94. The number of halogens is 2. The molecule has 0 bridgehead atoms. The first-order valence-corrected chi connectivity index (χ1v) is 6.80. The van der Waals surface area contributed by atoms with Gasteiger partial charge < -0.3 is 15.4 Å². The molecular formula is C13H18BrFN2O. The molecule has 1 aromatic rings. The second-order valence-electron chi connectivity index (χ2n) is 5.11. The van der Waals surface area contributed by atoms with Crippen molar-refractivity contribution in [3.8, 4) is 0 Å². The van der Waals surface area contributed by atoms with Crippen LogP contribution >= 0.6 is 15.9 Å². The molecule has 100 valence electrons. The summed E-state index contributed by atoms with van der Waals surface area (Å²) in [5.41, 5.74) is 6.70. The predicted octanol–water partition coefficient (Wildman–Crippen LogP) is 2.66. The number of hydrogen-bond acceptors (Lipinski definition) is 3. The van der Waals surface area contributed by atoms with E-state index in [9.17, 15) is 4.39 Å². The molecule has 1 heterocycles. The van der Waals surface area contributed by atoms with Crippen LogP contribution in [0.2, 0.25) is 0 Å². The zero-order valence-corrected chi connectivity index (χ0v) is 12.3. The van der Waals surface area contributed by atoms with Crippen LogP contribution in [0.4, 0.5) is 10.1 Å². The summed E-state index contributed by atoms with van der Waals surface area (Å²) in [7, 11) is 0. The number of rotatable bonds is 2. The molecule has 0 radical (unpaired) electrons. The van der Waals surface area contributed by atoms with Gasteiger partial charge in [0.1, 0.15) is 0 Å². The Balaban J connectivity index is 2.31. The molecule has 5 heteroatoms. The minimum Gasteiger partial charge on any atom is -0.372 e. The number of nitrogens with two attached hydrogens (primary N) is 1. The molecule has 2 N–H and O–H groups in total. The highest BCUT2D eigenvalue weighted by Crippen LogP contribution is 2.31. The van der Waals surface area contributed by atoms with Gasteiger partial charge in [0.05, 0.1) is 22.4 Å². The van der Waals surface area contributed by atoms with Crippen molar-refractivity contribution in [3.05, 3.63) is 28.0 Å². The molecule has 3 nitrogen and oxygen atoms in total. The zero-order chi connectivity index (χ0) is 13.3. The van der Waals surface area contributed by atoms with Crippen molar-refractivity contribution < 1.29 is 9.13 Å². The number of ether oxygens (including phenoxy) is 1. The molecule has 0 unspecified atom stereocenters. The van der Waals surface area contributed by atoms with Crippen molar-refractivity contribution in [2.45, 2.75) is 26.0 Å². The molecule has 2 rings (SSSR count). The van der Waals surface area contributed by atoms with E-state index in [-0.39, 0.29) is 11.4 Å². The van der Waals surface area contributed by atoms with Crippen LogP contribution in [0.15, 0.2) is 16.6 Å². The SMILES string of the molecule is CC1(C)CN(c2ccc(CN)c(Br)c2F)CCO1. The van der Waals surface area contributed by atoms with E-state index >= 15 is 0 Å². The van der Waals surface area contributed by atoms with Crippen LogP contribution < -0.4 is 10.6 Å². The minimum absolute atomic E-state index is 0.240. The van der Waals surface area contributed by atoms with E-state index in [0.717, 1.165) is 5.56 Å². The summed E-state index contributed by atoms with van der Waals surface area (Å²) in [6, 6.07) is 3.66. The third-order valence-electron chi connectivity index (χ3n) is 3.13. The summed E-state index contributed by atoms with van der Waals surface area (Å²) in [6.07, 6.45) is 0. The third kappa shape index (κ3) is 2.68. The molecule has 0 saturated carbocycles. The number of hydrogen-bond donors (Lipinski definition) is 1. The summed E-state index contributed by atoms with van der Waals surface area (Å²) >= 11 is 3.27. The average molecular weight is 317 g/mol. The van der Waals surface area contributed by atoms with E-state index in [0.29, 0.717) is 36.4 Å². The number of morpholine rings is 1. The number of anilines is 1. The van der Waals surface area contributed by atoms with Crippen molar-refractivity contribution in [1.82, 2.24) is 0 Å². The molecule has 1 aliphatic heterocycles. The molecule has 1 saturated heterocycles. The molecule has 1 aromatic carbocycles. The van der Waals surface area contributed by atoms with E-state index in [1.807, 2.05) is 24.8 Å². The summed E-state index contributed by atoms with van der Waals surface area (Å²) < 4.78 is 20.4. The van der Waals surface area contributed by atoms with E-state index in [1.165, 1.54) is 0 Å². The third-order valence-corrected chi connectivity index (χ3v) is 3.99. The van der Waals surface area contributed by atoms with Crippen LogP contribution in [0.25, 0.3) is 0 Å². The Morgan fingerprint density at radius 1 is 1.50 bits per heavy atom. The standard InChI is InChI=1S/C13H18BrFN2O/c1-13(2)8-17(5-6-18-13)10-4-3-9(7-16)11(14)12(10)15/h3-4H,5-8,16H2,1-2H3. The molecule has 0 amide bonds. The lowest BCUT2D eigenvalue weighted by Crippen LogP contribution is -2.48. The smallest absolute Gasteiger partial charge is 0.160 e. The molecule has 0 aliphatic carbocycles. The Labute approximate surface area is 115 Å². The lowest BCUT2D eigenvalue weighted by Gasteiger charge is -2.39. The lowest BCUT2D eigenvalue weighted by atomic mass is 10.1. The maximum absolute atomic E-state index is 14.3. The van der Waals surface area contributed by atoms with Crippen LogP contribution in [0.1, 0.15) is 19.4 Å². The summed E-state index contributed by atoms with van der Waals surface area (Å²) in [5, 5.41) is 0. The first kappa shape index (κ1) is 13.8. The predicted molar refractivity (Wildman–Crippen MR) is 74.2 cm³/mol. The maximum atomic E-state index is 14.3. The van der Waals surface area contributed by atoms with Crippen LogP contribution in [-0.2, 0) is 11.3 Å².